The maximum absolute atomic E-state index is 12.1. The molecule has 0 aromatic heterocycles. The number of halogens is 1. The summed E-state index contributed by atoms with van der Waals surface area (Å²) in [6.07, 6.45) is 3.49. The number of benzene rings is 2. The summed E-state index contributed by atoms with van der Waals surface area (Å²) in [5.74, 6) is 0.102. The number of nitrogens with two attached hydrogens (primary N) is 1. The van der Waals surface area contributed by atoms with Crippen LogP contribution in [0.25, 0.3) is 0 Å². The van der Waals surface area contributed by atoms with Crippen molar-refractivity contribution < 1.29 is 4.79 Å². The second kappa shape index (κ2) is 7.51. The molecule has 2 aromatic rings. The van der Waals surface area contributed by atoms with E-state index in [0.29, 0.717) is 12.8 Å². The van der Waals surface area contributed by atoms with Gasteiger partial charge in [-0.25, -0.2) is 0 Å². The van der Waals surface area contributed by atoms with E-state index in [-0.39, 0.29) is 23.7 Å². The van der Waals surface area contributed by atoms with Gasteiger partial charge in [0.1, 0.15) is 0 Å². The van der Waals surface area contributed by atoms with E-state index in [1.165, 1.54) is 5.56 Å². The molecule has 0 unspecified atom stereocenters. The first-order chi connectivity index (χ1) is 10.7. The predicted octanol–water partition coefficient (Wildman–Crippen LogP) is 3.47. The molecule has 3 nitrogen and oxygen atoms in total. The van der Waals surface area contributed by atoms with Crippen LogP contribution in [0.2, 0.25) is 0 Å². The fourth-order valence-electron chi connectivity index (χ4n) is 2.88. The molecule has 1 aliphatic carbocycles. The van der Waals surface area contributed by atoms with Crippen LogP contribution in [0.1, 0.15) is 30.4 Å². The number of nitrogens with one attached hydrogen (secondary N) is 1. The number of carbonyl (C=O) groups is 1. The van der Waals surface area contributed by atoms with E-state index in [4.69, 9.17) is 5.73 Å². The highest BCUT2D eigenvalue weighted by molar-refractivity contribution is 5.85. The van der Waals surface area contributed by atoms with Crippen LogP contribution in [-0.2, 0) is 16.6 Å². The van der Waals surface area contributed by atoms with E-state index in [1.807, 2.05) is 30.3 Å². The maximum atomic E-state index is 12.1. The molecule has 1 aliphatic rings. The summed E-state index contributed by atoms with van der Waals surface area (Å²) in [5, 5.41) is 3.09. The van der Waals surface area contributed by atoms with Crippen molar-refractivity contribution in [2.75, 3.05) is 12.3 Å². The van der Waals surface area contributed by atoms with E-state index in [1.54, 1.807) is 0 Å². The Morgan fingerprint density at radius 2 is 1.70 bits per heavy atom. The van der Waals surface area contributed by atoms with Gasteiger partial charge in [0.15, 0.2) is 0 Å². The summed E-state index contributed by atoms with van der Waals surface area (Å²) >= 11 is 0. The van der Waals surface area contributed by atoms with Crippen molar-refractivity contribution in [1.29, 1.82) is 0 Å². The summed E-state index contributed by atoms with van der Waals surface area (Å²) in [6.45, 7) is 0.736. The Kier molecular flexibility index (Phi) is 5.67. The Balaban J connectivity index is 0.00000192. The molecule has 0 spiro atoms. The normalized spacial score (nSPS) is 14.6. The molecule has 1 amide bonds. The standard InChI is InChI=1S/C19H22N2O.ClH/c20-17-9-5-4-6-15(17)10-11-18(22)21-14-19(12-13-19)16-7-2-1-3-8-16;/h1-9H,10-14,20H2,(H,21,22);1H. The first-order valence-corrected chi connectivity index (χ1v) is 7.85. The number of amides is 1. The molecule has 1 saturated carbocycles. The molecule has 122 valence electrons. The van der Waals surface area contributed by atoms with E-state index in [9.17, 15) is 4.79 Å². The summed E-state index contributed by atoms with van der Waals surface area (Å²) < 4.78 is 0. The molecule has 0 atom stereocenters. The molecule has 1 fully saturated rings. The van der Waals surface area contributed by atoms with Crippen molar-refractivity contribution in [1.82, 2.24) is 5.32 Å². The zero-order valence-corrected chi connectivity index (χ0v) is 13.9. The van der Waals surface area contributed by atoms with Gasteiger partial charge in [-0.1, -0.05) is 48.5 Å². The molecule has 3 N–H and O–H groups in total. The molecular weight excluding hydrogens is 308 g/mol. The van der Waals surface area contributed by atoms with Crippen LogP contribution in [0.3, 0.4) is 0 Å². The third-order valence-corrected chi connectivity index (χ3v) is 4.54. The summed E-state index contributed by atoms with van der Waals surface area (Å²) in [5.41, 5.74) is 9.22. The van der Waals surface area contributed by atoms with Gasteiger partial charge in [0.2, 0.25) is 5.91 Å². The van der Waals surface area contributed by atoms with Crippen LogP contribution in [0.15, 0.2) is 54.6 Å². The highest BCUT2D eigenvalue weighted by Crippen LogP contribution is 2.47. The second-order valence-electron chi connectivity index (χ2n) is 6.12. The van der Waals surface area contributed by atoms with Crippen LogP contribution in [0.4, 0.5) is 5.69 Å². The van der Waals surface area contributed by atoms with Gasteiger partial charge in [-0.2, -0.15) is 0 Å². The van der Waals surface area contributed by atoms with Gasteiger partial charge in [-0.3, -0.25) is 4.79 Å². The first-order valence-electron chi connectivity index (χ1n) is 7.85. The first kappa shape index (κ1) is 17.4. The number of hydrogen-bond donors (Lipinski definition) is 2. The molecule has 0 radical (unpaired) electrons. The van der Waals surface area contributed by atoms with Crippen LogP contribution < -0.4 is 11.1 Å². The average Bonchev–Trinajstić information content (AvgIpc) is 3.34. The topological polar surface area (TPSA) is 55.1 Å². The smallest absolute Gasteiger partial charge is 0.220 e. The third kappa shape index (κ3) is 4.26. The lowest BCUT2D eigenvalue weighted by molar-refractivity contribution is -0.121. The molecular formula is C19H23ClN2O. The lowest BCUT2D eigenvalue weighted by atomic mass is 9.96. The number of para-hydroxylation sites is 1. The predicted molar refractivity (Wildman–Crippen MR) is 96.8 cm³/mol. The van der Waals surface area contributed by atoms with Gasteiger partial charge in [0.25, 0.3) is 0 Å². The van der Waals surface area contributed by atoms with Crippen LogP contribution in [0, 0.1) is 0 Å². The number of rotatable bonds is 6. The minimum atomic E-state index is 0. The van der Waals surface area contributed by atoms with Crippen LogP contribution in [-0.4, -0.2) is 12.5 Å². The van der Waals surface area contributed by atoms with Crippen molar-refractivity contribution in [3.63, 3.8) is 0 Å². The Hall–Kier alpha value is -2.00. The Labute approximate surface area is 143 Å². The minimum absolute atomic E-state index is 0. The minimum Gasteiger partial charge on any atom is -0.399 e. The Bertz CT molecular complexity index is 653. The monoisotopic (exact) mass is 330 g/mol. The summed E-state index contributed by atoms with van der Waals surface area (Å²) in [7, 11) is 0. The zero-order chi connectivity index (χ0) is 15.4. The molecule has 2 aromatic carbocycles. The Morgan fingerprint density at radius 1 is 1.04 bits per heavy atom. The van der Waals surface area contributed by atoms with Gasteiger partial charge < -0.3 is 11.1 Å². The fourth-order valence-corrected chi connectivity index (χ4v) is 2.88. The van der Waals surface area contributed by atoms with Crippen molar-refractivity contribution in [3.05, 3.63) is 65.7 Å². The number of aryl methyl sites for hydroxylation is 1. The third-order valence-electron chi connectivity index (χ3n) is 4.54. The van der Waals surface area contributed by atoms with Gasteiger partial charge >= 0.3 is 0 Å². The van der Waals surface area contributed by atoms with E-state index < -0.39 is 0 Å². The van der Waals surface area contributed by atoms with Crippen LogP contribution in [0.5, 0.6) is 0 Å². The van der Waals surface area contributed by atoms with Gasteiger partial charge in [-0.05, 0) is 36.5 Å². The number of carbonyl (C=O) groups excluding carboxylic acids is 1. The fraction of sp³-hybridized carbons (Fsp3) is 0.316. The van der Waals surface area contributed by atoms with Gasteiger partial charge in [0, 0.05) is 24.1 Å². The molecule has 23 heavy (non-hydrogen) atoms. The van der Waals surface area contributed by atoms with E-state index in [0.717, 1.165) is 30.6 Å². The lowest BCUT2D eigenvalue weighted by Crippen LogP contribution is -2.32. The van der Waals surface area contributed by atoms with E-state index >= 15 is 0 Å². The van der Waals surface area contributed by atoms with Gasteiger partial charge in [-0.15, -0.1) is 12.4 Å². The van der Waals surface area contributed by atoms with Crippen molar-refractivity contribution in [2.45, 2.75) is 31.1 Å². The van der Waals surface area contributed by atoms with Crippen molar-refractivity contribution in [2.24, 2.45) is 0 Å². The molecule has 0 saturated heterocycles. The summed E-state index contributed by atoms with van der Waals surface area (Å²) in [4.78, 5) is 12.1. The Morgan fingerprint density at radius 3 is 2.35 bits per heavy atom. The zero-order valence-electron chi connectivity index (χ0n) is 13.1. The number of hydrogen-bond acceptors (Lipinski definition) is 2. The number of anilines is 1. The molecule has 0 bridgehead atoms. The SMILES string of the molecule is Cl.Nc1ccccc1CCC(=O)NCC1(c2ccccc2)CC1. The van der Waals surface area contributed by atoms with Crippen molar-refractivity contribution in [3.8, 4) is 0 Å². The second-order valence-corrected chi connectivity index (χ2v) is 6.12. The largest absolute Gasteiger partial charge is 0.399 e. The van der Waals surface area contributed by atoms with Crippen molar-refractivity contribution >= 4 is 24.0 Å². The van der Waals surface area contributed by atoms with Crippen LogP contribution >= 0.6 is 12.4 Å². The number of nitrogen functional groups attached to an aromatic ring is 1. The van der Waals surface area contributed by atoms with E-state index in [2.05, 4.69) is 29.6 Å². The molecule has 4 heteroatoms. The quantitative estimate of drug-likeness (QED) is 0.797. The maximum Gasteiger partial charge on any atom is 0.220 e. The molecule has 0 aliphatic heterocycles. The summed E-state index contributed by atoms with van der Waals surface area (Å²) in [6, 6.07) is 18.2. The average molecular weight is 331 g/mol. The molecule has 3 rings (SSSR count). The highest BCUT2D eigenvalue weighted by atomic mass is 35.5. The highest BCUT2D eigenvalue weighted by Gasteiger charge is 2.44. The van der Waals surface area contributed by atoms with Gasteiger partial charge in [0.05, 0.1) is 0 Å². The molecule has 0 heterocycles. The lowest BCUT2D eigenvalue weighted by Gasteiger charge is -2.16.